The van der Waals surface area contributed by atoms with Gasteiger partial charge < -0.3 is 10.5 Å². The predicted molar refractivity (Wildman–Crippen MR) is 94.3 cm³/mol. The number of sulfonamides is 1. The number of aromatic nitrogens is 2. The van der Waals surface area contributed by atoms with Crippen LogP contribution in [0.1, 0.15) is 10.6 Å². The molecule has 0 atom stereocenters. The van der Waals surface area contributed by atoms with Crippen LogP contribution in [0, 0.1) is 0 Å². The molecule has 9 heteroatoms. The van der Waals surface area contributed by atoms with Crippen LogP contribution in [0.2, 0.25) is 0 Å². The average molecular weight is 370 g/mol. The van der Waals surface area contributed by atoms with Crippen molar-refractivity contribution in [3.63, 3.8) is 0 Å². The first-order valence-electron chi connectivity index (χ1n) is 7.43. The molecule has 3 rings (SSSR count). The fourth-order valence-electron chi connectivity index (χ4n) is 2.08. The molecule has 3 aromatic rings. The Morgan fingerprint density at radius 3 is 2.54 bits per heavy atom. The van der Waals surface area contributed by atoms with E-state index in [1.54, 1.807) is 36.4 Å². The topological polar surface area (TPSA) is 124 Å². The summed E-state index contributed by atoms with van der Waals surface area (Å²) in [6, 6.07) is 15.8. The van der Waals surface area contributed by atoms with Crippen molar-refractivity contribution in [1.82, 2.24) is 9.97 Å². The van der Waals surface area contributed by atoms with Gasteiger partial charge in [-0.2, -0.15) is 4.98 Å². The number of nitrogens with one attached hydrogen (secondary N) is 1. The van der Waals surface area contributed by atoms with Gasteiger partial charge in [-0.1, -0.05) is 24.3 Å². The first-order valence-corrected chi connectivity index (χ1v) is 8.91. The number of carbonyl (C=O) groups is 1. The van der Waals surface area contributed by atoms with Crippen LogP contribution in [0.25, 0.3) is 0 Å². The normalized spacial score (nSPS) is 10.9. The first kappa shape index (κ1) is 17.4. The van der Waals surface area contributed by atoms with E-state index in [0.29, 0.717) is 11.4 Å². The molecule has 0 spiro atoms. The summed E-state index contributed by atoms with van der Waals surface area (Å²) in [6.07, 6.45) is 1.34. The van der Waals surface area contributed by atoms with Gasteiger partial charge in [-0.3, -0.25) is 9.52 Å². The van der Waals surface area contributed by atoms with Crippen molar-refractivity contribution in [3.8, 4) is 11.6 Å². The van der Waals surface area contributed by atoms with Crippen LogP contribution < -0.4 is 15.2 Å². The zero-order chi connectivity index (χ0) is 18.6. The van der Waals surface area contributed by atoms with Gasteiger partial charge in [0.1, 0.15) is 5.75 Å². The van der Waals surface area contributed by atoms with E-state index in [1.807, 2.05) is 0 Å². The lowest BCUT2D eigenvalue weighted by Crippen LogP contribution is -2.15. The number of hydrogen-bond donors (Lipinski definition) is 2. The maximum atomic E-state index is 12.4. The summed E-state index contributed by atoms with van der Waals surface area (Å²) in [5.41, 5.74) is 5.44. The molecule has 0 saturated heterocycles. The largest absolute Gasteiger partial charge is 0.439 e. The third-order valence-corrected chi connectivity index (χ3v) is 4.61. The quantitative estimate of drug-likeness (QED) is 0.685. The molecule has 0 fully saturated rings. The van der Waals surface area contributed by atoms with Crippen LogP contribution in [0.5, 0.6) is 11.6 Å². The van der Waals surface area contributed by atoms with Crippen LogP contribution in [0.3, 0.4) is 0 Å². The maximum Gasteiger partial charge on any atom is 0.286 e. The molecular formula is C17H14N4O4S. The predicted octanol–water partition coefficient (Wildman–Crippen LogP) is 2.17. The lowest BCUT2D eigenvalue weighted by molar-refractivity contribution is 0.0989. The molecule has 2 aromatic carbocycles. The molecule has 0 saturated carbocycles. The Bertz CT molecular complexity index is 1040. The number of hydrogen-bond acceptors (Lipinski definition) is 6. The summed E-state index contributed by atoms with van der Waals surface area (Å²) in [4.78, 5) is 18.9. The van der Waals surface area contributed by atoms with Crippen LogP contribution >= 0.6 is 0 Å². The summed E-state index contributed by atoms with van der Waals surface area (Å²) in [5.74, 6) is -0.521. The molecular weight excluding hydrogens is 356 g/mol. The van der Waals surface area contributed by atoms with Gasteiger partial charge in [-0.25, -0.2) is 13.4 Å². The molecule has 0 aliphatic rings. The smallest absolute Gasteiger partial charge is 0.286 e. The minimum atomic E-state index is -3.71. The summed E-state index contributed by atoms with van der Waals surface area (Å²) < 4.78 is 32.7. The fourth-order valence-corrected chi connectivity index (χ4v) is 3.15. The Kier molecular flexibility index (Phi) is 4.81. The zero-order valence-corrected chi connectivity index (χ0v) is 14.2. The maximum absolute atomic E-state index is 12.4. The van der Waals surface area contributed by atoms with Gasteiger partial charge in [0.05, 0.1) is 10.6 Å². The summed E-state index contributed by atoms with van der Waals surface area (Å²) >= 11 is 0. The van der Waals surface area contributed by atoms with Crippen molar-refractivity contribution in [2.45, 2.75) is 4.90 Å². The molecule has 0 aliphatic carbocycles. The molecule has 0 radical (unpaired) electrons. The van der Waals surface area contributed by atoms with E-state index in [9.17, 15) is 13.2 Å². The highest BCUT2D eigenvalue weighted by Crippen LogP contribution is 2.24. The number of amides is 1. The lowest BCUT2D eigenvalue weighted by Gasteiger charge is -2.10. The zero-order valence-electron chi connectivity index (χ0n) is 13.4. The lowest BCUT2D eigenvalue weighted by atomic mass is 10.3. The Morgan fingerprint density at radius 1 is 1.04 bits per heavy atom. The van der Waals surface area contributed by atoms with E-state index in [2.05, 4.69) is 14.7 Å². The number of carbonyl (C=O) groups excluding carboxylic acids is 1. The van der Waals surface area contributed by atoms with Crippen molar-refractivity contribution >= 4 is 21.6 Å². The number of rotatable bonds is 6. The van der Waals surface area contributed by atoms with E-state index < -0.39 is 15.9 Å². The number of primary amides is 1. The average Bonchev–Trinajstić information content (AvgIpc) is 2.62. The van der Waals surface area contributed by atoms with Crippen molar-refractivity contribution in [2.24, 2.45) is 5.73 Å². The third-order valence-electron chi connectivity index (χ3n) is 3.21. The van der Waals surface area contributed by atoms with Crippen molar-refractivity contribution in [2.75, 3.05) is 4.72 Å². The minimum Gasteiger partial charge on any atom is -0.439 e. The molecule has 132 valence electrons. The fraction of sp³-hybridized carbons (Fsp3) is 0. The number of benzene rings is 2. The van der Waals surface area contributed by atoms with Crippen molar-refractivity contribution < 1.29 is 17.9 Å². The van der Waals surface area contributed by atoms with Gasteiger partial charge in [0.15, 0.2) is 0 Å². The van der Waals surface area contributed by atoms with Gasteiger partial charge in [0, 0.05) is 18.3 Å². The SMILES string of the molecule is NC(=O)c1nccc(Oc2cccc(NS(=O)(=O)c3ccccc3)c2)n1. The number of anilines is 1. The third kappa shape index (κ3) is 4.14. The monoisotopic (exact) mass is 370 g/mol. The van der Waals surface area contributed by atoms with Gasteiger partial charge in [-0.05, 0) is 24.3 Å². The number of nitrogens with zero attached hydrogens (tertiary/aromatic N) is 2. The van der Waals surface area contributed by atoms with E-state index >= 15 is 0 Å². The first-order chi connectivity index (χ1) is 12.4. The Morgan fingerprint density at radius 2 is 1.81 bits per heavy atom. The van der Waals surface area contributed by atoms with E-state index in [-0.39, 0.29) is 16.6 Å². The second-order valence-electron chi connectivity index (χ2n) is 5.13. The van der Waals surface area contributed by atoms with Crippen LogP contribution in [0.15, 0.2) is 71.8 Å². The second kappa shape index (κ2) is 7.19. The van der Waals surface area contributed by atoms with Gasteiger partial charge in [0.2, 0.25) is 11.7 Å². The Hall–Kier alpha value is -3.46. The highest BCUT2D eigenvalue weighted by Gasteiger charge is 2.14. The molecule has 0 aliphatic heterocycles. The molecule has 1 aromatic heterocycles. The second-order valence-corrected chi connectivity index (χ2v) is 6.81. The van der Waals surface area contributed by atoms with Gasteiger partial charge >= 0.3 is 0 Å². The molecule has 8 nitrogen and oxygen atoms in total. The molecule has 3 N–H and O–H groups in total. The molecule has 26 heavy (non-hydrogen) atoms. The summed E-state index contributed by atoms with van der Waals surface area (Å²) in [7, 11) is -3.71. The van der Waals surface area contributed by atoms with E-state index in [4.69, 9.17) is 10.5 Å². The standard InChI is InChI=1S/C17H14N4O4S/c18-16(22)17-19-10-9-15(20-17)25-13-6-4-5-12(11-13)21-26(23,24)14-7-2-1-3-8-14/h1-11,21H,(H2,18,22). The highest BCUT2D eigenvalue weighted by atomic mass is 32.2. The molecule has 0 unspecified atom stereocenters. The number of ether oxygens (including phenoxy) is 1. The van der Waals surface area contributed by atoms with E-state index in [0.717, 1.165) is 0 Å². The molecule has 0 bridgehead atoms. The Balaban J connectivity index is 1.81. The van der Waals surface area contributed by atoms with Crippen LogP contribution in [-0.2, 0) is 10.0 Å². The minimum absolute atomic E-state index is 0.108. The molecule has 1 heterocycles. The van der Waals surface area contributed by atoms with Crippen molar-refractivity contribution in [3.05, 3.63) is 72.7 Å². The van der Waals surface area contributed by atoms with Crippen LogP contribution in [0.4, 0.5) is 5.69 Å². The van der Waals surface area contributed by atoms with Gasteiger partial charge in [-0.15, -0.1) is 0 Å². The van der Waals surface area contributed by atoms with Gasteiger partial charge in [0.25, 0.3) is 15.9 Å². The van der Waals surface area contributed by atoms with E-state index in [1.165, 1.54) is 30.5 Å². The molecule has 1 amide bonds. The highest BCUT2D eigenvalue weighted by molar-refractivity contribution is 7.92. The summed E-state index contributed by atoms with van der Waals surface area (Å²) in [5, 5.41) is 0. The van der Waals surface area contributed by atoms with Crippen molar-refractivity contribution in [1.29, 1.82) is 0 Å². The Labute approximate surface area is 149 Å². The van der Waals surface area contributed by atoms with Crippen LogP contribution in [-0.4, -0.2) is 24.3 Å². The summed E-state index contributed by atoms with van der Waals surface area (Å²) in [6.45, 7) is 0. The number of nitrogens with two attached hydrogens (primary N) is 1.